The van der Waals surface area contributed by atoms with E-state index < -0.39 is 0 Å². The Kier molecular flexibility index (Phi) is 4.81. The summed E-state index contributed by atoms with van der Waals surface area (Å²) in [5.74, 6) is 0.709. The zero-order valence-corrected chi connectivity index (χ0v) is 14.8. The van der Waals surface area contributed by atoms with Crippen molar-refractivity contribution >= 4 is 5.65 Å². The lowest BCUT2D eigenvalue weighted by molar-refractivity contribution is 0.296. The van der Waals surface area contributed by atoms with Crippen LogP contribution in [0.2, 0.25) is 0 Å². The summed E-state index contributed by atoms with van der Waals surface area (Å²) in [5.41, 5.74) is 3.53. The molecule has 0 radical (unpaired) electrons. The molecule has 3 aromatic rings. The van der Waals surface area contributed by atoms with Gasteiger partial charge in [0, 0.05) is 38.1 Å². The molecule has 4 nitrogen and oxygen atoms in total. The van der Waals surface area contributed by atoms with Crippen LogP contribution in [0, 0.1) is 5.92 Å². The third-order valence-corrected chi connectivity index (χ3v) is 5.28. The SMILES string of the molecule is C[C@@H](NCc1cn2ccccc2n1)[C@@H]1CCN(Cc2ccccc2)C1. The Balaban J connectivity index is 1.29. The highest BCUT2D eigenvalue weighted by Gasteiger charge is 2.26. The van der Waals surface area contributed by atoms with Gasteiger partial charge in [0.05, 0.1) is 5.69 Å². The van der Waals surface area contributed by atoms with Crippen LogP contribution in [-0.2, 0) is 13.1 Å². The van der Waals surface area contributed by atoms with E-state index in [1.807, 2.05) is 24.4 Å². The highest BCUT2D eigenvalue weighted by molar-refractivity contribution is 5.39. The van der Waals surface area contributed by atoms with Gasteiger partial charge < -0.3 is 9.72 Å². The van der Waals surface area contributed by atoms with Crippen molar-refractivity contribution in [2.75, 3.05) is 13.1 Å². The zero-order chi connectivity index (χ0) is 17.1. The molecule has 130 valence electrons. The van der Waals surface area contributed by atoms with Crippen molar-refractivity contribution in [3.63, 3.8) is 0 Å². The Hall–Kier alpha value is -2.17. The van der Waals surface area contributed by atoms with E-state index >= 15 is 0 Å². The number of nitrogens with one attached hydrogen (secondary N) is 1. The van der Waals surface area contributed by atoms with E-state index in [9.17, 15) is 0 Å². The molecular weight excluding hydrogens is 308 g/mol. The second-order valence-corrected chi connectivity index (χ2v) is 7.14. The highest BCUT2D eigenvalue weighted by atomic mass is 15.2. The van der Waals surface area contributed by atoms with Crippen LogP contribution < -0.4 is 5.32 Å². The Labute approximate surface area is 149 Å². The number of hydrogen-bond donors (Lipinski definition) is 1. The van der Waals surface area contributed by atoms with Crippen LogP contribution in [0.5, 0.6) is 0 Å². The van der Waals surface area contributed by atoms with Gasteiger partial charge in [-0.05, 0) is 43.5 Å². The molecule has 1 fully saturated rings. The normalized spacial score (nSPS) is 19.5. The number of benzene rings is 1. The van der Waals surface area contributed by atoms with Gasteiger partial charge in [-0.2, -0.15) is 0 Å². The fraction of sp³-hybridized carbons (Fsp3) is 0.381. The molecule has 1 N–H and O–H groups in total. The van der Waals surface area contributed by atoms with Gasteiger partial charge in [-0.15, -0.1) is 0 Å². The Morgan fingerprint density at radius 1 is 1.16 bits per heavy atom. The maximum absolute atomic E-state index is 4.67. The number of hydrogen-bond acceptors (Lipinski definition) is 3. The second kappa shape index (κ2) is 7.38. The molecule has 0 saturated carbocycles. The third kappa shape index (κ3) is 3.91. The van der Waals surface area contributed by atoms with E-state index in [-0.39, 0.29) is 0 Å². The molecule has 25 heavy (non-hydrogen) atoms. The predicted octanol–water partition coefficient (Wildman–Crippen LogP) is 3.33. The van der Waals surface area contributed by atoms with Gasteiger partial charge in [0.2, 0.25) is 0 Å². The van der Waals surface area contributed by atoms with Crippen LogP contribution in [-0.4, -0.2) is 33.4 Å². The molecule has 0 unspecified atom stereocenters. The molecule has 1 aromatic carbocycles. The maximum atomic E-state index is 4.67. The first-order chi connectivity index (χ1) is 12.3. The molecule has 1 saturated heterocycles. The first-order valence-corrected chi connectivity index (χ1v) is 9.20. The minimum atomic E-state index is 0.505. The van der Waals surface area contributed by atoms with E-state index in [2.05, 4.69) is 63.1 Å². The number of rotatable bonds is 6. The fourth-order valence-electron chi connectivity index (χ4n) is 3.76. The number of aromatic nitrogens is 2. The average molecular weight is 334 g/mol. The molecule has 0 amide bonds. The fourth-order valence-corrected chi connectivity index (χ4v) is 3.76. The first-order valence-electron chi connectivity index (χ1n) is 9.20. The summed E-state index contributed by atoms with van der Waals surface area (Å²) < 4.78 is 2.08. The van der Waals surface area contributed by atoms with E-state index in [0.717, 1.165) is 24.4 Å². The molecule has 1 aliphatic heterocycles. The summed E-state index contributed by atoms with van der Waals surface area (Å²) >= 11 is 0. The monoisotopic (exact) mass is 334 g/mol. The van der Waals surface area contributed by atoms with Gasteiger partial charge in [0.25, 0.3) is 0 Å². The molecular formula is C21H26N4. The van der Waals surface area contributed by atoms with Gasteiger partial charge in [0.15, 0.2) is 0 Å². The average Bonchev–Trinajstić information content (AvgIpc) is 3.27. The molecule has 0 bridgehead atoms. The number of fused-ring (bicyclic) bond motifs is 1. The quantitative estimate of drug-likeness (QED) is 0.750. The van der Waals surface area contributed by atoms with Gasteiger partial charge in [-0.1, -0.05) is 36.4 Å². The zero-order valence-electron chi connectivity index (χ0n) is 14.8. The van der Waals surface area contributed by atoms with Crippen LogP contribution in [0.25, 0.3) is 5.65 Å². The molecule has 1 aliphatic rings. The lowest BCUT2D eigenvalue weighted by Crippen LogP contribution is -2.35. The highest BCUT2D eigenvalue weighted by Crippen LogP contribution is 2.22. The topological polar surface area (TPSA) is 32.6 Å². The summed E-state index contributed by atoms with van der Waals surface area (Å²) in [4.78, 5) is 7.24. The first kappa shape index (κ1) is 16.3. The molecule has 3 heterocycles. The minimum Gasteiger partial charge on any atom is -0.308 e. The molecule has 4 heteroatoms. The number of nitrogens with zero attached hydrogens (tertiary/aromatic N) is 3. The predicted molar refractivity (Wildman–Crippen MR) is 101 cm³/mol. The second-order valence-electron chi connectivity index (χ2n) is 7.14. The van der Waals surface area contributed by atoms with Crippen molar-refractivity contribution in [3.05, 3.63) is 72.2 Å². The number of likely N-dealkylation sites (tertiary alicyclic amines) is 1. The Morgan fingerprint density at radius 3 is 2.84 bits per heavy atom. The van der Waals surface area contributed by atoms with Crippen molar-refractivity contribution in [3.8, 4) is 0 Å². The maximum Gasteiger partial charge on any atom is 0.137 e. The third-order valence-electron chi connectivity index (χ3n) is 5.28. The molecule has 0 spiro atoms. The van der Waals surface area contributed by atoms with E-state index in [1.54, 1.807) is 0 Å². The smallest absolute Gasteiger partial charge is 0.137 e. The summed E-state index contributed by atoms with van der Waals surface area (Å²) in [6.45, 7) is 6.58. The van der Waals surface area contributed by atoms with Gasteiger partial charge in [-0.25, -0.2) is 4.98 Å². The van der Waals surface area contributed by atoms with Crippen molar-refractivity contribution in [2.24, 2.45) is 5.92 Å². The van der Waals surface area contributed by atoms with Crippen molar-refractivity contribution in [1.82, 2.24) is 19.6 Å². The molecule has 2 aromatic heterocycles. The van der Waals surface area contributed by atoms with Crippen LogP contribution in [0.1, 0.15) is 24.6 Å². The molecule has 4 rings (SSSR count). The largest absolute Gasteiger partial charge is 0.308 e. The van der Waals surface area contributed by atoms with Crippen LogP contribution >= 0.6 is 0 Å². The van der Waals surface area contributed by atoms with Crippen molar-refractivity contribution in [1.29, 1.82) is 0 Å². The van der Waals surface area contributed by atoms with Crippen LogP contribution in [0.4, 0.5) is 0 Å². The van der Waals surface area contributed by atoms with Gasteiger partial charge in [-0.3, -0.25) is 4.90 Å². The van der Waals surface area contributed by atoms with Crippen molar-refractivity contribution in [2.45, 2.75) is 32.5 Å². The van der Waals surface area contributed by atoms with E-state index in [1.165, 1.54) is 25.1 Å². The van der Waals surface area contributed by atoms with Gasteiger partial charge >= 0.3 is 0 Å². The summed E-state index contributed by atoms with van der Waals surface area (Å²) in [5, 5.41) is 3.68. The number of pyridine rings is 1. The molecule has 2 atom stereocenters. The lowest BCUT2D eigenvalue weighted by Gasteiger charge is -2.21. The van der Waals surface area contributed by atoms with Gasteiger partial charge in [0.1, 0.15) is 5.65 Å². The number of imidazole rings is 1. The van der Waals surface area contributed by atoms with Crippen LogP contribution in [0.3, 0.4) is 0 Å². The molecule has 0 aliphatic carbocycles. The minimum absolute atomic E-state index is 0.505. The summed E-state index contributed by atoms with van der Waals surface area (Å²) in [6.07, 6.45) is 5.44. The van der Waals surface area contributed by atoms with E-state index in [0.29, 0.717) is 12.0 Å². The van der Waals surface area contributed by atoms with Crippen molar-refractivity contribution < 1.29 is 0 Å². The Morgan fingerprint density at radius 2 is 2.00 bits per heavy atom. The standard InChI is InChI=1S/C21H26N4/c1-17(22-13-20-16-25-11-6-5-9-21(25)23-20)19-10-12-24(15-19)14-18-7-3-2-4-8-18/h2-9,11,16-17,19,22H,10,12-15H2,1H3/t17-,19-/m1/s1. The van der Waals surface area contributed by atoms with E-state index in [4.69, 9.17) is 0 Å². The van der Waals surface area contributed by atoms with Crippen LogP contribution in [0.15, 0.2) is 60.9 Å². The summed E-state index contributed by atoms with van der Waals surface area (Å²) in [6, 6.07) is 17.4. The Bertz CT molecular complexity index is 778. The summed E-state index contributed by atoms with van der Waals surface area (Å²) in [7, 11) is 0. The lowest BCUT2D eigenvalue weighted by atomic mass is 10.0.